The van der Waals surface area contributed by atoms with Gasteiger partial charge in [0, 0.05) is 6.54 Å². The Balaban J connectivity index is 2.08. The summed E-state index contributed by atoms with van der Waals surface area (Å²) in [4.78, 5) is 4.24. The quantitative estimate of drug-likeness (QED) is 0.587. The van der Waals surface area contributed by atoms with Gasteiger partial charge < -0.3 is 10.3 Å². The number of nitrogens with zero attached hydrogens (tertiary/aromatic N) is 5. The molecule has 0 spiro atoms. The molecular formula is C10H15N7S. The van der Waals surface area contributed by atoms with Crippen molar-refractivity contribution in [3.8, 4) is 0 Å². The van der Waals surface area contributed by atoms with E-state index in [-0.39, 0.29) is 0 Å². The number of hydrogen-bond donors (Lipinski definition) is 2. The highest BCUT2D eigenvalue weighted by Crippen LogP contribution is 2.20. The SMILES string of the molecule is C=CCn1c(CN)nnc1SCc1n[nH]c(C)n1. The highest BCUT2D eigenvalue weighted by molar-refractivity contribution is 7.98. The van der Waals surface area contributed by atoms with Crippen LogP contribution in [-0.4, -0.2) is 29.9 Å². The third kappa shape index (κ3) is 2.77. The lowest BCUT2D eigenvalue weighted by molar-refractivity contribution is 0.680. The second-order valence-electron chi connectivity index (χ2n) is 3.63. The molecule has 18 heavy (non-hydrogen) atoms. The van der Waals surface area contributed by atoms with Gasteiger partial charge >= 0.3 is 0 Å². The van der Waals surface area contributed by atoms with Crippen molar-refractivity contribution in [3.63, 3.8) is 0 Å². The number of hydrogen-bond acceptors (Lipinski definition) is 6. The zero-order chi connectivity index (χ0) is 13.0. The van der Waals surface area contributed by atoms with Crippen LogP contribution in [0.25, 0.3) is 0 Å². The second kappa shape index (κ2) is 5.78. The molecule has 2 rings (SSSR count). The van der Waals surface area contributed by atoms with Gasteiger partial charge in [0.25, 0.3) is 0 Å². The molecular weight excluding hydrogens is 250 g/mol. The maximum atomic E-state index is 5.61. The average molecular weight is 265 g/mol. The Bertz CT molecular complexity index is 530. The van der Waals surface area contributed by atoms with Crippen LogP contribution >= 0.6 is 11.8 Å². The van der Waals surface area contributed by atoms with Gasteiger partial charge in [0.2, 0.25) is 0 Å². The fourth-order valence-corrected chi connectivity index (χ4v) is 2.29. The Morgan fingerprint density at radius 2 is 2.33 bits per heavy atom. The van der Waals surface area contributed by atoms with Gasteiger partial charge in [0.15, 0.2) is 11.0 Å². The van der Waals surface area contributed by atoms with Crippen LogP contribution in [-0.2, 0) is 18.8 Å². The van der Waals surface area contributed by atoms with Crippen LogP contribution in [0.15, 0.2) is 17.8 Å². The Labute approximate surface area is 109 Å². The van der Waals surface area contributed by atoms with Crippen LogP contribution < -0.4 is 5.73 Å². The lowest BCUT2D eigenvalue weighted by Crippen LogP contribution is -2.08. The first-order chi connectivity index (χ1) is 8.74. The first kappa shape index (κ1) is 12.8. The number of aromatic nitrogens is 6. The average Bonchev–Trinajstić information content (AvgIpc) is 2.94. The number of rotatable bonds is 6. The summed E-state index contributed by atoms with van der Waals surface area (Å²) in [6.45, 7) is 6.60. The number of nitrogens with one attached hydrogen (secondary N) is 1. The van der Waals surface area contributed by atoms with E-state index in [0.717, 1.165) is 22.6 Å². The summed E-state index contributed by atoms with van der Waals surface area (Å²) in [7, 11) is 0. The topological polar surface area (TPSA) is 98.3 Å². The summed E-state index contributed by atoms with van der Waals surface area (Å²) in [6, 6.07) is 0. The van der Waals surface area contributed by atoms with E-state index in [1.807, 2.05) is 11.5 Å². The van der Waals surface area contributed by atoms with Gasteiger partial charge in [0.05, 0.1) is 12.3 Å². The standard InChI is InChI=1S/C10H15N7S/c1-3-4-17-9(5-11)15-16-10(17)18-6-8-12-7(2)13-14-8/h3H,1,4-6,11H2,2H3,(H,12,13,14). The highest BCUT2D eigenvalue weighted by atomic mass is 32.2. The van der Waals surface area contributed by atoms with Gasteiger partial charge in [-0.15, -0.1) is 16.8 Å². The minimum Gasteiger partial charge on any atom is -0.324 e. The number of allylic oxidation sites excluding steroid dienone is 1. The summed E-state index contributed by atoms with van der Waals surface area (Å²) >= 11 is 1.53. The molecule has 0 unspecified atom stereocenters. The number of nitrogens with two attached hydrogens (primary N) is 1. The van der Waals surface area contributed by atoms with E-state index >= 15 is 0 Å². The van der Waals surface area contributed by atoms with Gasteiger partial charge in [-0.25, -0.2) is 4.98 Å². The van der Waals surface area contributed by atoms with Crippen molar-refractivity contribution in [1.82, 2.24) is 29.9 Å². The Kier molecular flexibility index (Phi) is 4.11. The van der Waals surface area contributed by atoms with E-state index in [9.17, 15) is 0 Å². The fraction of sp³-hybridized carbons (Fsp3) is 0.400. The molecule has 0 fully saturated rings. The molecule has 0 atom stereocenters. The number of aryl methyl sites for hydroxylation is 1. The zero-order valence-corrected chi connectivity index (χ0v) is 10.9. The monoisotopic (exact) mass is 265 g/mol. The Hall–Kier alpha value is -1.67. The molecule has 0 aromatic carbocycles. The second-order valence-corrected chi connectivity index (χ2v) is 4.57. The van der Waals surface area contributed by atoms with Crippen molar-refractivity contribution in [2.75, 3.05) is 0 Å². The molecule has 8 heteroatoms. The largest absolute Gasteiger partial charge is 0.324 e. The van der Waals surface area contributed by atoms with E-state index < -0.39 is 0 Å². The van der Waals surface area contributed by atoms with Gasteiger partial charge in [0.1, 0.15) is 11.6 Å². The van der Waals surface area contributed by atoms with Gasteiger partial charge in [-0.05, 0) is 6.92 Å². The summed E-state index contributed by atoms with van der Waals surface area (Å²) < 4.78 is 1.94. The van der Waals surface area contributed by atoms with Gasteiger partial charge in [-0.2, -0.15) is 5.10 Å². The molecule has 0 radical (unpaired) electrons. The van der Waals surface area contributed by atoms with E-state index in [0.29, 0.717) is 18.8 Å². The van der Waals surface area contributed by atoms with Crippen molar-refractivity contribution < 1.29 is 0 Å². The van der Waals surface area contributed by atoms with Crippen molar-refractivity contribution >= 4 is 11.8 Å². The molecule has 3 N–H and O–H groups in total. The van der Waals surface area contributed by atoms with Crippen LogP contribution in [0, 0.1) is 6.92 Å². The Morgan fingerprint density at radius 3 is 2.94 bits per heavy atom. The summed E-state index contributed by atoms with van der Waals surface area (Å²) in [6.07, 6.45) is 1.80. The number of H-pyrrole nitrogens is 1. The third-order valence-electron chi connectivity index (χ3n) is 2.26. The molecule has 0 amide bonds. The van der Waals surface area contributed by atoms with E-state index in [1.54, 1.807) is 6.08 Å². The van der Waals surface area contributed by atoms with Crippen molar-refractivity contribution in [3.05, 3.63) is 30.1 Å². The summed E-state index contributed by atoms with van der Waals surface area (Å²) in [5, 5.41) is 15.8. The predicted octanol–water partition coefficient (Wildman–Crippen LogP) is 0.642. The highest BCUT2D eigenvalue weighted by Gasteiger charge is 2.11. The van der Waals surface area contributed by atoms with Crippen LogP contribution in [0.1, 0.15) is 17.5 Å². The van der Waals surface area contributed by atoms with Crippen molar-refractivity contribution in [2.24, 2.45) is 5.73 Å². The lowest BCUT2D eigenvalue weighted by Gasteiger charge is -2.04. The molecule has 7 nitrogen and oxygen atoms in total. The lowest BCUT2D eigenvalue weighted by atomic mass is 10.5. The number of aromatic amines is 1. The molecule has 0 saturated heterocycles. The third-order valence-corrected chi connectivity index (χ3v) is 3.22. The van der Waals surface area contributed by atoms with Crippen LogP contribution in [0.2, 0.25) is 0 Å². The first-order valence-corrected chi connectivity index (χ1v) is 6.47. The predicted molar refractivity (Wildman–Crippen MR) is 68.8 cm³/mol. The molecule has 0 aliphatic carbocycles. The van der Waals surface area contributed by atoms with Crippen LogP contribution in [0.3, 0.4) is 0 Å². The molecule has 2 aromatic rings. The molecule has 0 aliphatic rings. The van der Waals surface area contributed by atoms with Gasteiger partial charge in [-0.3, -0.25) is 5.10 Å². The fourth-order valence-electron chi connectivity index (χ4n) is 1.47. The molecule has 2 heterocycles. The molecule has 96 valence electrons. The van der Waals surface area contributed by atoms with Crippen molar-refractivity contribution in [2.45, 2.75) is 30.9 Å². The van der Waals surface area contributed by atoms with Crippen LogP contribution in [0.5, 0.6) is 0 Å². The molecule has 0 bridgehead atoms. The van der Waals surface area contributed by atoms with E-state index in [2.05, 4.69) is 32.0 Å². The minimum atomic E-state index is 0.362. The van der Waals surface area contributed by atoms with E-state index in [4.69, 9.17) is 5.73 Å². The smallest absolute Gasteiger partial charge is 0.191 e. The van der Waals surface area contributed by atoms with Crippen LogP contribution in [0.4, 0.5) is 0 Å². The Morgan fingerprint density at radius 1 is 1.50 bits per heavy atom. The maximum Gasteiger partial charge on any atom is 0.191 e. The summed E-state index contributed by atoms with van der Waals surface area (Å²) in [5.74, 6) is 2.95. The number of thioether (sulfide) groups is 1. The normalized spacial score (nSPS) is 10.8. The molecule has 2 aromatic heterocycles. The first-order valence-electron chi connectivity index (χ1n) is 5.48. The van der Waals surface area contributed by atoms with Crippen molar-refractivity contribution in [1.29, 1.82) is 0 Å². The molecule has 0 saturated carbocycles. The van der Waals surface area contributed by atoms with Gasteiger partial charge in [-0.1, -0.05) is 17.8 Å². The zero-order valence-electron chi connectivity index (χ0n) is 10.1. The maximum absolute atomic E-state index is 5.61. The summed E-state index contributed by atoms with van der Waals surface area (Å²) in [5.41, 5.74) is 5.61. The minimum absolute atomic E-state index is 0.362. The molecule has 0 aliphatic heterocycles. The van der Waals surface area contributed by atoms with E-state index in [1.165, 1.54) is 11.8 Å².